The summed E-state index contributed by atoms with van der Waals surface area (Å²) in [4.78, 5) is 2.17. The van der Waals surface area contributed by atoms with E-state index in [1.165, 1.54) is 12.8 Å². The van der Waals surface area contributed by atoms with Crippen LogP contribution >= 0.6 is 0 Å². The van der Waals surface area contributed by atoms with Gasteiger partial charge in [0.2, 0.25) is 0 Å². The van der Waals surface area contributed by atoms with Crippen molar-refractivity contribution in [1.82, 2.24) is 10.2 Å². The highest BCUT2D eigenvalue weighted by molar-refractivity contribution is 4.69. The second kappa shape index (κ2) is 6.35. The van der Waals surface area contributed by atoms with Crippen LogP contribution in [0.3, 0.4) is 0 Å². The lowest BCUT2D eigenvalue weighted by molar-refractivity contribution is -0.0106. The molecular weight excluding hydrogens is 164 g/mol. The Hall–Kier alpha value is -0.120. The van der Waals surface area contributed by atoms with Gasteiger partial charge in [0.1, 0.15) is 6.23 Å². The van der Waals surface area contributed by atoms with Gasteiger partial charge in [-0.15, -0.1) is 0 Å². The molecule has 0 saturated carbocycles. The molecule has 1 saturated heterocycles. The van der Waals surface area contributed by atoms with E-state index in [0.717, 1.165) is 39.0 Å². The van der Waals surface area contributed by atoms with Crippen LogP contribution in [0, 0.1) is 0 Å². The highest BCUT2D eigenvalue weighted by Gasteiger charge is 2.16. The molecule has 0 aromatic heterocycles. The molecule has 0 bridgehead atoms. The highest BCUT2D eigenvalue weighted by atomic mass is 16.3. The first kappa shape index (κ1) is 11.0. The zero-order chi connectivity index (χ0) is 9.52. The van der Waals surface area contributed by atoms with Crippen molar-refractivity contribution in [1.29, 1.82) is 0 Å². The molecular formula is C10H22N2O. The number of hydrogen-bond acceptors (Lipinski definition) is 3. The van der Waals surface area contributed by atoms with Crippen molar-refractivity contribution < 1.29 is 5.11 Å². The Balaban J connectivity index is 2.09. The first-order valence-electron chi connectivity index (χ1n) is 5.47. The van der Waals surface area contributed by atoms with E-state index in [1.54, 1.807) is 0 Å². The zero-order valence-electron chi connectivity index (χ0n) is 8.63. The van der Waals surface area contributed by atoms with Crippen molar-refractivity contribution in [2.45, 2.75) is 38.8 Å². The molecule has 0 aromatic carbocycles. The quantitative estimate of drug-likeness (QED) is 0.623. The molecule has 0 radical (unpaired) electrons. The Kier molecular flexibility index (Phi) is 5.35. The Morgan fingerprint density at radius 1 is 1.31 bits per heavy atom. The number of rotatable bonds is 5. The van der Waals surface area contributed by atoms with E-state index in [4.69, 9.17) is 0 Å². The van der Waals surface area contributed by atoms with E-state index in [-0.39, 0.29) is 6.23 Å². The minimum absolute atomic E-state index is 0.200. The minimum atomic E-state index is -0.200. The Morgan fingerprint density at radius 2 is 2.00 bits per heavy atom. The molecule has 0 aliphatic carbocycles. The van der Waals surface area contributed by atoms with Crippen molar-refractivity contribution in [3.63, 3.8) is 0 Å². The van der Waals surface area contributed by atoms with E-state index in [1.807, 2.05) is 0 Å². The summed E-state index contributed by atoms with van der Waals surface area (Å²) in [6.07, 6.45) is 4.36. The first-order chi connectivity index (χ1) is 6.34. The average Bonchev–Trinajstić information content (AvgIpc) is 2.19. The second-order valence-electron chi connectivity index (χ2n) is 3.76. The average molecular weight is 186 g/mol. The van der Waals surface area contributed by atoms with Gasteiger partial charge in [0.25, 0.3) is 0 Å². The molecule has 1 unspecified atom stereocenters. The van der Waals surface area contributed by atoms with Crippen LogP contribution in [-0.2, 0) is 0 Å². The predicted molar refractivity (Wildman–Crippen MR) is 54.6 cm³/mol. The normalized spacial score (nSPS) is 21.7. The number of piperazine rings is 1. The SMILES string of the molecule is CCCCCC(O)N1CCNCC1. The molecule has 0 spiro atoms. The van der Waals surface area contributed by atoms with Crippen LogP contribution in [0.5, 0.6) is 0 Å². The van der Waals surface area contributed by atoms with Crippen LogP contribution in [-0.4, -0.2) is 42.4 Å². The van der Waals surface area contributed by atoms with Gasteiger partial charge in [-0.3, -0.25) is 4.90 Å². The van der Waals surface area contributed by atoms with Crippen LogP contribution in [0.1, 0.15) is 32.6 Å². The summed E-state index contributed by atoms with van der Waals surface area (Å²) in [7, 11) is 0. The van der Waals surface area contributed by atoms with Gasteiger partial charge in [0.05, 0.1) is 0 Å². The maximum atomic E-state index is 9.80. The molecule has 78 valence electrons. The van der Waals surface area contributed by atoms with Crippen molar-refractivity contribution in [2.75, 3.05) is 26.2 Å². The molecule has 3 heteroatoms. The fourth-order valence-corrected chi connectivity index (χ4v) is 1.74. The number of unbranched alkanes of at least 4 members (excludes halogenated alkanes) is 2. The van der Waals surface area contributed by atoms with Gasteiger partial charge in [-0.1, -0.05) is 19.8 Å². The van der Waals surface area contributed by atoms with Gasteiger partial charge in [-0.25, -0.2) is 0 Å². The molecule has 1 fully saturated rings. The van der Waals surface area contributed by atoms with Gasteiger partial charge < -0.3 is 10.4 Å². The molecule has 1 aliphatic heterocycles. The minimum Gasteiger partial charge on any atom is -0.378 e. The summed E-state index contributed by atoms with van der Waals surface area (Å²) in [5, 5.41) is 13.1. The van der Waals surface area contributed by atoms with Crippen molar-refractivity contribution in [2.24, 2.45) is 0 Å². The summed E-state index contributed by atoms with van der Waals surface area (Å²) in [6.45, 7) is 6.22. The number of nitrogens with one attached hydrogen (secondary N) is 1. The van der Waals surface area contributed by atoms with Crippen molar-refractivity contribution >= 4 is 0 Å². The Labute approximate surface area is 81.1 Å². The topological polar surface area (TPSA) is 35.5 Å². The molecule has 13 heavy (non-hydrogen) atoms. The summed E-state index contributed by atoms with van der Waals surface area (Å²) in [5.41, 5.74) is 0. The lowest BCUT2D eigenvalue weighted by Crippen LogP contribution is -2.48. The van der Waals surface area contributed by atoms with E-state index < -0.39 is 0 Å². The monoisotopic (exact) mass is 186 g/mol. The number of aliphatic hydroxyl groups excluding tert-OH is 1. The Bertz CT molecular complexity index is 124. The number of hydrogen-bond donors (Lipinski definition) is 2. The van der Waals surface area contributed by atoms with Crippen LogP contribution in [0.25, 0.3) is 0 Å². The largest absolute Gasteiger partial charge is 0.378 e. The summed E-state index contributed by atoms with van der Waals surface area (Å²) in [5.74, 6) is 0. The lowest BCUT2D eigenvalue weighted by atomic mass is 10.1. The highest BCUT2D eigenvalue weighted by Crippen LogP contribution is 2.08. The Morgan fingerprint density at radius 3 is 2.62 bits per heavy atom. The van der Waals surface area contributed by atoms with E-state index >= 15 is 0 Å². The zero-order valence-corrected chi connectivity index (χ0v) is 8.63. The molecule has 1 rings (SSSR count). The van der Waals surface area contributed by atoms with Crippen LogP contribution < -0.4 is 5.32 Å². The van der Waals surface area contributed by atoms with Crippen molar-refractivity contribution in [3.05, 3.63) is 0 Å². The maximum absolute atomic E-state index is 9.80. The molecule has 1 atom stereocenters. The molecule has 1 aliphatic rings. The molecule has 0 aromatic rings. The molecule has 2 N–H and O–H groups in total. The van der Waals surface area contributed by atoms with Crippen LogP contribution in [0.2, 0.25) is 0 Å². The summed E-state index contributed by atoms with van der Waals surface area (Å²) < 4.78 is 0. The number of nitrogens with zero attached hydrogens (tertiary/aromatic N) is 1. The van der Waals surface area contributed by atoms with Gasteiger partial charge in [-0.2, -0.15) is 0 Å². The third-order valence-corrected chi connectivity index (χ3v) is 2.64. The van der Waals surface area contributed by atoms with Gasteiger partial charge >= 0.3 is 0 Å². The standard InChI is InChI=1S/C10H22N2O/c1-2-3-4-5-10(13)12-8-6-11-7-9-12/h10-11,13H,2-9H2,1H3. The lowest BCUT2D eigenvalue weighted by Gasteiger charge is -2.31. The second-order valence-corrected chi connectivity index (χ2v) is 3.76. The first-order valence-corrected chi connectivity index (χ1v) is 5.47. The third-order valence-electron chi connectivity index (χ3n) is 2.64. The fourth-order valence-electron chi connectivity index (χ4n) is 1.74. The van der Waals surface area contributed by atoms with Gasteiger partial charge in [0.15, 0.2) is 0 Å². The molecule has 3 nitrogen and oxygen atoms in total. The van der Waals surface area contributed by atoms with Crippen LogP contribution in [0.15, 0.2) is 0 Å². The van der Waals surface area contributed by atoms with Gasteiger partial charge in [-0.05, 0) is 12.8 Å². The van der Waals surface area contributed by atoms with Crippen LogP contribution in [0.4, 0.5) is 0 Å². The van der Waals surface area contributed by atoms with E-state index in [0.29, 0.717) is 0 Å². The molecule has 0 amide bonds. The van der Waals surface area contributed by atoms with E-state index in [2.05, 4.69) is 17.1 Å². The van der Waals surface area contributed by atoms with Crippen molar-refractivity contribution in [3.8, 4) is 0 Å². The summed E-state index contributed by atoms with van der Waals surface area (Å²) in [6, 6.07) is 0. The number of aliphatic hydroxyl groups is 1. The fraction of sp³-hybridized carbons (Fsp3) is 1.00. The third kappa shape index (κ3) is 4.07. The molecule has 1 heterocycles. The summed E-state index contributed by atoms with van der Waals surface area (Å²) >= 11 is 0. The maximum Gasteiger partial charge on any atom is 0.107 e. The van der Waals surface area contributed by atoms with Gasteiger partial charge in [0, 0.05) is 26.2 Å². The predicted octanol–water partition coefficient (Wildman–Crippen LogP) is 0.790. The van der Waals surface area contributed by atoms with E-state index in [9.17, 15) is 5.11 Å². The smallest absolute Gasteiger partial charge is 0.107 e.